The van der Waals surface area contributed by atoms with Gasteiger partial charge in [-0.05, 0) is 6.92 Å². The fraction of sp³-hybridized carbons (Fsp3) is 0.750. The second-order valence-corrected chi connectivity index (χ2v) is 2.99. The highest BCUT2D eigenvalue weighted by atomic mass is 16.7. The molecule has 0 bridgehead atoms. The Kier molecular flexibility index (Phi) is 2.65. The molecule has 0 aromatic heterocycles. The van der Waals surface area contributed by atoms with Crippen LogP contribution in [0.15, 0.2) is 12.2 Å². The summed E-state index contributed by atoms with van der Waals surface area (Å²) in [4.78, 5) is 0. The zero-order valence-corrected chi connectivity index (χ0v) is 6.91. The van der Waals surface area contributed by atoms with E-state index in [9.17, 15) is 0 Å². The second-order valence-electron chi connectivity index (χ2n) is 2.99. The second kappa shape index (κ2) is 3.34. The molecule has 11 heavy (non-hydrogen) atoms. The summed E-state index contributed by atoms with van der Waals surface area (Å²) in [5.74, 6) is 0. The number of hydrogen-bond donors (Lipinski definition) is 1. The van der Waals surface area contributed by atoms with E-state index in [0.29, 0.717) is 6.42 Å². The average molecular weight is 158 g/mol. The van der Waals surface area contributed by atoms with Crippen molar-refractivity contribution in [3.63, 3.8) is 0 Å². The van der Waals surface area contributed by atoms with Crippen molar-refractivity contribution < 1.29 is 14.6 Å². The standard InChI is InChI=1S/C8H14O3/c1-8(11-6-10-2)4-3-7(9)5-8/h3-4,7,9H,5-6H2,1-2H3/t7-,8-/m1/s1. The van der Waals surface area contributed by atoms with Gasteiger partial charge in [-0.25, -0.2) is 0 Å². The summed E-state index contributed by atoms with van der Waals surface area (Å²) in [5, 5.41) is 9.16. The highest BCUT2D eigenvalue weighted by molar-refractivity contribution is 5.11. The molecule has 2 atom stereocenters. The molecule has 0 aliphatic heterocycles. The summed E-state index contributed by atoms with van der Waals surface area (Å²) in [7, 11) is 1.58. The lowest BCUT2D eigenvalue weighted by Gasteiger charge is -2.22. The van der Waals surface area contributed by atoms with E-state index in [-0.39, 0.29) is 18.5 Å². The molecule has 0 aromatic carbocycles. The first-order chi connectivity index (χ1) is 5.16. The van der Waals surface area contributed by atoms with Gasteiger partial charge in [0.05, 0.1) is 11.7 Å². The molecule has 0 radical (unpaired) electrons. The lowest BCUT2D eigenvalue weighted by Crippen LogP contribution is -2.26. The molecule has 0 unspecified atom stereocenters. The van der Waals surface area contributed by atoms with Gasteiger partial charge in [-0.2, -0.15) is 0 Å². The van der Waals surface area contributed by atoms with Crippen LogP contribution in [0.4, 0.5) is 0 Å². The first-order valence-corrected chi connectivity index (χ1v) is 3.67. The van der Waals surface area contributed by atoms with Crippen LogP contribution >= 0.6 is 0 Å². The van der Waals surface area contributed by atoms with E-state index in [4.69, 9.17) is 14.6 Å². The summed E-state index contributed by atoms with van der Waals surface area (Å²) in [6, 6.07) is 0. The summed E-state index contributed by atoms with van der Waals surface area (Å²) in [5.41, 5.74) is -0.338. The SMILES string of the molecule is COCO[C@]1(C)C=C[C@@H](O)C1. The van der Waals surface area contributed by atoms with Crippen molar-refractivity contribution in [3.05, 3.63) is 12.2 Å². The molecule has 0 spiro atoms. The molecular formula is C8H14O3. The fourth-order valence-electron chi connectivity index (χ4n) is 1.17. The van der Waals surface area contributed by atoms with Crippen LogP contribution in [0.5, 0.6) is 0 Å². The van der Waals surface area contributed by atoms with Crippen molar-refractivity contribution >= 4 is 0 Å². The minimum atomic E-state index is -0.364. The summed E-state index contributed by atoms with van der Waals surface area (Å²) in [6.07, 6.45) is 3.87. The van der Waals surface area contributed by atoms with Crippen LogP contribution in [0, 0.1) is 0 Å². The Morgan fingerprint density at radius 2 is 2.45 bits per heavy atom. The first-order valence-electron chi connectivity index (χ1n) is 3.67. The van der Waals surface area contributed by atoms with Gasteiger partial charge >= 0.3 is 0 Å². The van der Waals surface area contributed by atoms with Gasteiger partial charge in [-0.15, -0.1) is 0 Å². The molecule has 0 amide bonds. The van der Waals surface area contributed by atoms with E-state index in [1.165, 1.54) is 0 Å². The largest absolute Gasteiger partial charge is 0.389 e. The third kappa shape index (κ3) is 2.29. The van der Waals surface area contributed by atoms with E-state index < -0.39 is 0 Å². The van der Waals surface area contributed by atoms with Crippen molar-refractivity contribution in [1.29, 1.82) is 0 Å². The molecule has 1 aliphatic carbocycles. The molecule has 0 heterocycles. The normalized spacial score (nSPS) is 36.5. The zero-order valence-electron chi connectivity index (χ0n) is 6.91. The number of aliphatic hydroxyl groups is 1. The third-order valence-electron chi connectivity index (χ3n) is 1.79. The van der Waals surface area contributed by atoms with Crippen molar-refractivity contribution in [1.82, 2.24) is 0 Å². The maximum Gasteiger partial charge on any atom is 0.147 e. The van der Waals surface area contributed by atoms with Gasteiger partial charge < -0.3 is 14.6 Å². The van der Waals surface area contributed by atoms with Crippen molar-refractivity contribution in [2.24, 2.45) is 0 Å². The molecule has 0 fully saturated rings. The fourth-order valence-corrected chi connectivity index (χ4v) is 1.17. The van der Waals surface area contributed by atoms with Gasteiger partial charge in [0.1, 0.15) is 6.79 Å². The molecule has 0 saturated carbocycles. The quantitative estimate of drug-likeness (QED) is 0.485. The Hall–Kier alpha value is -0.380. The Labute approximate surface area is 66.6 Å². The summed E-state index contributed by atoms with van der Waals surface area (Å²) < 4.78 is 10.1. The summed E-state index contributed by atoms with van der Waals surface area (Å²) in [6.45, 7) is 2.20. The maximum atomic E-state index is 9.16. The van der Waals surface area contributed by atoms with Gasteiger partial charge in [-0.3, -0.25) is 0 Å². The number of rotatable bonds is 3. The van der Waals surface area contributed by atoms with Crippen molar-refractivity contribution in [2.45, 2.75) is 25.0 Å². The van der Waals surface area contributed by atoms with E-state index in [0.717, 1.165) is 0 Å². The predicted octanol–water partition coefficient (Wildman–Crippen LogP) is 0.686. The predicted molar refractivity (Wildman–Crippen MR) is 41.1 cm³/mol. The van der Waals surface area contributed by atoms with E-state index >= 15 is 0 Å². The molecule has 1 aliphatic rings. The van der Waals surface area contributed by atoms with Crippen molar-refractivity contribution in [2.75, 3.05) is 13.9 Å². The molecule has 0 aromatic rings. The first kappa shape index (κ1) is 8.71. The summed E-state index contributed by atoms with van der Waals surface area (Å²) >= 11 is 0. The van der Waals surface area contributed by atoms with Crippen LogP contribution in [0.1, 0.15) is 13.3 Å². The van der Waals surface area contributed by atoms with E-state index in [2.05, 4.69) is 0 Å². The Morgan fingerprint density at radius 3 is 2.91 bits per heavy atom. The monoisotopic (exact) mass is 158 g/mol. The molecule has 1 N–H and O–H groups in total. The van der Waals surface area contributed by atoms with Gasteiger partial charge in [0, 0.05) is 13.5 Å². The van der Waals surface area contributed by atoms with Crippen molar-refractivity contribution in [3.8, 4) is 0 Å². The number of ether oxygens (including phenoxy) is 2. The van der Waals surface area contributed by atoms with Crippen LogP contribution in [-0.2, 0) is 9.47 Å². The average Bonchev–Trinajstić information content (AvgIpc) is 2.28. The van der Waals surface area contributed by atoms with E-state index in [1.807, 2.05) is 13.0 Å². The minimum absolute atomic E-state index is 0.271. The molecule has 0 saturated heterocycles. The zero-order chi connectivity index (χ0) is 8.32. The highest BCUT2D eigenvalue weighted by Gasteiger charge is 2.29. The maximum absolute atomic E-state index is 9.16. The lowest BCUT2D eigenvalue weighted by atomic mass is 10.1. The van der Waals surface area contributed by atoms with Crippen LogP contribution in [0.2, 0.25) is 0 Å². The van der Waals surface area contributed by atoms with Crippen LogP contribution < -0.4 is 0 Å². The number of hydrogen-bond acceptors (Lipinski definition) is 3. The third-order valence-corrected chi connectivity index (χ3v) is 1.79. The smallest absolute Gasteiger partial charge is 0.147 e. The molecule has 3 nitrogen and oxygen atoms in total. The molecule has 1 rings (SSSR count). The van der Waals surface area contributed by atoms with E-state index in [1.54, 1.807) is 13.2 Å². The van der Waals surface area contributed by atoms with Gasteiger partial charge in [0.25, 0.3) is 0 Å². The van der Waals surface area contributed by atoms with Crippen LogP contribution in [0.3, 0.4) is 0 Å². The van der Waals surface area contributed by atoms with Gasteiger partial charge in [0.2, 0.25) is 0 Å². The van der Waals surface area contributed by atoms with Crippen LogP contribution in [-0.4, -0.2) is 30.7 Å². The minimum Gasteiger partial charge on any atom is -0.389 e. The number of aliphatic hydroxyl groups excluding tert-OH is 1. The molecule has 64 valence electrons. The van der Waals surface area contributed by atoms with Gasteiger partial charge in [-0.1, -0.05) is 12.2 Å². The topological polar surface area (TPSA) is 38.7 Å². The Morgan fingerprint density at radius 1 is 1.73 bits per heavy atom. The lowest BCUT2D eigenvalue weighted by molar-refractivity contribution is -0.105. The molecule has 3 heteroatoms. The number of methoxy groups -OCH3 is 1. The molecular weight excluding hydrogens is 144 g/mol. The van der Waals surface area contributed by atoms with Crippen LogP contribution in [0.25, 0.3) is 0 Å². The highest BCUT2D eigenvalue weighted by Crippen LogP contribution is 2.26. The Bertz CT molecular complexity index is 155. The Balaban J connectivity index is 2.37. The van der Waals surface area contributed by atoms with Gasteiger partial charge in [0.15, 0.2) is 0 Å².